The molecular weight excluding hydrogens is 445 g/mol. The quantitative estimate of drug-likeness (QED) is 0.551. The van der Waals surface area contributed by atoms with Crippen molar-refractivity contribution in [3.8, 4) is 0 Å². The highest BCUT2D eigenvalue weighted by atomic mass is 35.5. The number of nitrogens with one attached hydrogen (secondary N) is 1. The lowest BCUT2D eigenvalue weighted by Crippen LogP contribution is -2.39. The van der Waals surface area contributed by atoms with Crippen LogP contribution in [0.25, 0.3) is 0 Å². The van der Waals surface area contributed by atoms with Gasteiger partial charge in [0.05, 0.1) is 21.5 Å². The summed E-state index contributed by atoms with van der Waals surface area (Å²) in [5.41, 5.74) is 1.91. The normalized spacial score (nSPS) is 12.7. The van der Waals surface area contributed by atoms with E-state index in [1.807, 2.05) is 19.1 Å². The molecule has 2 aromatic rings. The van der Waals surface area contributed by atoms with Gasteiger partial charge in [-0.05, 0) is 61.7 Å². The Balaban J connectivity index is 1.91. The first-order chi connectivity index (χ1) is 14.1. The molecular formula is C21H27Cl2N3O3S. The molecule has 0 aliphatic heterocycles. The molecule has 0 bridgehead atoms. The molecule has 1 amide bonds. The largest absolute Gasteiger partial charge is 0.355 e. The van der Waals surface area contributed by atoms with Crippen LogP contribution >= 0.6 is 23.2 Å². The zero-order chi connectivity index (χ0) is 22.3. The topological polar surface area (TPSA) is 92.5 Å². The molecule has 0 aliphatic carbocycles. The number of rotatable bonds is 10. The number of amides is 1. The number of halogens is 2. The second-order valence-electron chi connectivity index (χ2n) is 7.11. The van der Waals surface area contributed by atoms with E-state index in [-0.39, 0.29) is 23.4 Å². The zero-order valence-electron chi connectivity index (χ0n) is 17.1. The van der Waals surface area contributed by atoms with Crippen LogP contribution in [0.1, 0.15) is 37.4 Å². The zero-order valence-corrected chi connectivity index (χ0v) is 19.4. The van der Waals surface area contributed by atoms with Crippen LogP contribution in [0.5, 0.6) is 0 Å². The maximum atomic E-state index is 12.5. The number of sulfonamides is 1. The van der Waals surface area contributed by atoms with Gasteiger partial charge in [-0.1, -0.05) is 48.3 Å². The van der Waals surface area contributed by atoms with Gasteiger partial charge in [0.2, 0.25) is 15.9 Å². The Kier molecular flexibility index (Phi) is 9.12. The van der Waals surface area contributed by atoms with Crippen molar-refractivity contribution in [1.82, 2.24) is 10.2 Å². The van der Waals surface area contributed by atoms with Crippen molar-refractivity contribution < 1.29 is 13.2 Å². The third-order valence-corrected chi connectivity index (χ3v) is 6.49. The minimum atomic E-state index is -3.70. The fraction of sp³-hybridized carbons (Fsp3) is 0.381. The minimum Gasteiger partial charge on any atom is -0.355 e. The summed E-state index contributed by atoms with van der Waals surface area (Å²) >= 11 is 12.1. The first-order valence-corrected chi connectivity index (χ1v) is 12.0. The van der Waals surface area contributed by atoms with Gasteiger partial charge in [0.15, 0.2) is 0 Å². The van der Waals surface area contributed by atoms with E-state index in [9.17, 15) is 13.2 Å². The molecule has 2 rings (SSSR count). The lowest BCUT2D eigenvalue weighted by Gasteiger charge is -2.28. The average molecular weight is 472 g/mol. The van der Waals surface area contributed by atoms with Gasteiger partial charge in [0.25, 0.3) is 0 Å². The Labute approximate surface area is 188 Å². The number of nitrogens with two attached hydrogens (primary N) is 1. The van der Waals surface area contributed by atoms with E-state index < -0.39 is 10.0 Å². The van der Waals surface area contributed by atoms with Crippen LogP contribution in [-0.2, 0) is 21.2 Å². The minimum absolute atomic E-state index is 0.0104. The van der Waals surface area contributed by atoms with E-state index in [4.69, 9.17) is 28.3 Å². The van der Waals surface area contributed by atoms with Crippen molar-refractivity contribution >= 4 is 39.1 Å². The number of carbonyl (C=O) groups is 1. The molecule has 0 aromatic heterocycles. The van der Waals surface area contributed by atoms with Crippen LogP contribution in [0.4, 0.5) is 0 Å². The highest BCUT2D eigenvalue weighted by molar-refractivity contribution is 7.89. The van der Waals surface area contributed by atoms with Crippen molar-refractivity contribution in [2.75, 3.05) is 19.6 Å². The molecule has 164 valence electrons. The van der Waals surface area contributed by atoms with E-state index in [1.165, 1.54) is 12.1 Å². The van der Waals surface area contributed by atoms with Crippen LogP contribution < -0.4 is 10.5 Å². The molecule has 0 fully saturated rings. The van der Waals surface area contributed by atoms with Crippen LogP contribution in [0.3, 0.4) is 0 Å². The van der Waals surface area contributed by atoms with Gasteiger partial charge >= 0.3 is 0 Å². The fourth-order valence-corrected chi connectivity index (χ4v) is 3.93. The molecule has 30 heavy (non-hydrogen) atoms. The summed E-state index contributed by atoms with van der Waals surface area (Å²) in [4.78, 5) is 14.6. The Morgan fingerprint density at radius 3 is 2.37 bits per heavy atom. The van der Waals surface area contributed by atoms with E-state index in [2.05, 4.69) is 17.1 Å². The van der Waals surface area contributed by atoms with E-state index in [0.29, 0.717) is 23.0 Å². The third-order valence-electron chi connectivity index (χ3n) is 4.82. The maximum Gasteiger partial charge on any atom is 0.238 e. The number of benzene rings is 2. The van der Waals surface area contributed by atoms with Gasteiger partial charge in [0, 0.05) is 12.6 Å². The summed E-state index contributed by atoms with van der Waals surface area (Å²) in [5.74, 6) is -0.0727. The molecule has 0 spiro atoms. The standard InChI is InChI=1S/C21H27Cl2N3O3S/c1-3-12-26(15(2)17-6-9-19(22)20(23)13-17)14-21(27)25-11-10-16-4-7-18(8-5-16)30(24,28)29/h4-9,13,15H,3,10-12,14H2,1-2H3,(H,25,27)(H2,24,28,29). The van der Waals surface area contributed by atoms with E-state index >= 15 is 0 Å². The molecule has 9 heteroatoms. The maximum absolute atomic E-state index is 12.5. The molecule has 1 unspecified atom stereocenters. The van der Waals surface area contributed by atoms with Crippen LogP contribution in [0.15, 0.2) is 47.4 Å². The Morgan fingerprint density at radius 1 is 1.13 bits per heavy atom. The molecule has 6 nitrogen and oxygen atoms in total. The van der Waals surface area contributed by atoms with Crippen molar-refractivity contribution in [3.05, 3.63) is 63.6 Å². The number of primary sulfonamides is 1. The van der Waals surface area contributed by atoms with Gasteiger partial charge < -0.3 is 5.32 Å². The van der Waals surface area contributed by atoms with Gasteiger partial charge in [-0.3, -0.25) is 9.69 Å². The van der Waals surface area contributed by atoms with Gasteiger partial charge in [-0.25, -0.2) is 13.6 Å². The summed E-state index contributed by atoms with van der Waals surface area (Å²) < 4.78 is 22.6. The third kappa shape index (κ3) is 7.25. The van der Waals surface area contributed by atoms with Gasteiger partial charge in [-0.2, -0.15) is 0 Å². The summed E-state index contributed by atoms with van der Waals surface area (Å²) in [6.07, 6.45) is 1.50. The lowest BCUT2D eigenvalue weighted by molar-refractivity contribution is -0.122. The van der Waals surface area contributed by atoms with Crippen molar-refractivity contribution in [1.29, 1.82) is 0 Å². The van der Waals surface area contributed by atoms with E-state index in [1.54, 1.807) is 18.2 Å². The Hall–Kier alpha value is -1.64. The van der Waals surface area contributed by atoms with Crippen molar-refractivity contribution in [2.45, 2.75) is 37.6 Å². The van der Waals surface area contributed by atoms with Gasteiger partial charge in [-0.15, -0.1) is 0 Å². The SMILES string of the molecule is CCCN(CC(=O)NCCc1ccc(S(N)(=O)=O)cc1)C(C)c1ccc(Cl)c(Cl)c1. The number of carbonyl (C=O) groups excluding carboxylic acids is 1. The second-order valence-corrected chi connectivity index (χ2v) is 9.48. The number of nitrogens with zero attached hydrogens (tertiary/aromatic N) is 1. The predicted octanol–water partition coefficient (Wildman–Crippen LogP) is 3.77. The highest BCUT2D eigenvalue weighted by Crippen LogP contribution is 2.28. The summed E-state index contributed by atoms with van der Waals surface area (Å²) in [7, 11) is -3.70. The van der Waals surface area contributed by atoms with Crippen LogP contribution in [-0.4, -0.2) is 38.9 Å². The van der Waals surface area contributed by atoms with Crippen LogP contribution in [0, 0.1) is 0 Å². The monoisotopic (exact) mass is 471 g/mol. The molecule has 1 atom stereocenters. The molecule has 0 heterocycles. The molecule has 0 aliphatic rings. The highest BCUT2D eigenvalue weighted by Gasteiger charge is 2.19. The summed E-state index contributed by atoms with van der Waals surface area (Å²) in [6, 6.07) is 11.9. The summed E-state index contributed by atoms with van der Waals surface area (Å²) in [6.45, 7) is 5.59. The molecule has 0 radical (unpaired) electrons. The number of hydrogen-bond donors (Lipinski definition) is 2. The molecule has 3 N–H and O–H groups in total. The predicted molar refractivity (Wildman–Crippen MR) is 121 cm³/mol. The van der Waals surface area contributed by atoms with Crippen LogP contribution in [0.2, 0.25) is 10.0 Å². The second kappa shape index (κ2) is 11.1. The van der Waals surface area contributed by atoms with Crippen molar-refractivity contribution in [2.24, 2.45) is 5.14 Å². The van der Waals surface area contributed by atoms with E-state index in [0.717, 1.165) is 24.1 Å². The lowest BCUT2D eigenvalue weighted by atomic mass is 10.1. The molecule has 0 saturated carbocycles. The average Bonchev–Trinajstić information content (AvgIpc) is 2.69. The smallest absolute Gasteiger partial charge is 0.238 e. The first kappa shape index (κ1) is 24.6. The Morgan fingerprint density at radius 2 is 1.80 bits per heavy atom. The molecule has 2 aromatic carbocycles. The number of hydrogen-bond acceptors (Lipinski definition) is 4. The fourth-order valence-electron chi connectivity index (χ4n) is 3.11. The molecule has 0 saturated heterocycles. The van der Waals surface area contributed by atoms with Crippen molar-refractivity contribution in [3.63, 3.8) is 0 Å². The van der Waals surface area contributed by atoms with Gasteiger partial charge in [0.1, 0.15) is 0 Å². The Bertz CT molecular complexity index is 966. The summed E-state index contributed by atoms with van der Waals surface area (Å²) in [5, 5.41) is 9.02. The first-order valence-electron chi connectivity index (χ1n) is 9.69.